The molecule has 11 nitrogen and oxygen atoms in total. The maximum atomic E-state index is 12.2. The molecule has 3 rings (SSSR count). The summed E-state index contributed by atoms with van der Waals surface area (Å²) in [5.41, 5.74) is -0.643. The monoisotopic (exact) mass is 337 g/mol. The first-order valence-electron chi connectivity index (χ1n) is 7.04. The van der Waals surface area contributed by atoms with Crippen LogP contribution in [0, 0.1) is 5.41 Å². The van der Waals surface area contributed by atoms with Crippen molar-refractivity contribution in [3.8, 4) is 0 Å². The van der Waals surface area contributed by atoms with Crippen LogP contribution in [0.2, 0.25) is 0 Å². The van der Waals surface area contributed by atoms with E-state index in [0.717, 1.165) is 0 Å². The minimum atomic E-state index is -1.38. The van der Waals surface area contributed by atoms with Gasteiger partial charge in [-0.05, 0) is 0 Å². The molecule has 1 amide bonds. The number of ketones is 1. The van der Waals surface area contributed by atoms with E-state index in [1.54, 1.807) is 0 Å². The molecule has 11 heteroatoms. The number of fused-ring (bicyclic) bond motifs is 1. The normalized spacial score (nSPS) is 29.4. The Hall–Kier alpha value is -2.47. The SMILES string of the molecule is CC(=O)NC1=Nc2c(ncn2[C@@H]2O[C@H](CO)[C@@H](O)[C@H]2O)C(=O)C1=N. The van der Waals surface area contributed by atoms with E-state index in [-0.39, 0.29) is 17.3 Å². The molecule has 0 aliphatic carbocycles. The highest BCUT2D eigenvalue weighted by Crippen LogP contribution is 2.35. The molecule has 1 saturated heterocycles. The zero-order valence-electron chi connectivity index (χ0n) is 12.5. The number of ether oxygens (including phenoxy) is 1. The Labute approximate surface area is 135 Å². The van der Waals surface area contributed by atoms with Crippen LogP contribution in [0.1, 0.15) is 23.6 Å². The lowest BCUT2D eigenvalue weighted by Gasteiger charge is -2.19. The van der Waals surface area contributed by atoms with Gasteiger partial charge < -0.3 is 25.4 Å². The number of amidine groups is 1. The van der Waals surface area contributed by atoms with Crippen LogP contribution < -0.4 is 5.32 Å². The molecule has 128 valence electrons. The van der Waals surface area contributed by atoms with Gasteiger partial charge >= 0.3 is 0 Å². The number of imidazole rings is 1. The lowest BCUT2D eigenvalue weighted by molar-refractivity contribution is -0.117. The van der Waals surface area contributed by atoms with Crippen molar-refractivity contribution in [2.24, 2.45) is 4.99 Å². The van der Waals surface area contributed by atoms with Gasteiger partial charge in [0.15, 0.2) is 23.6 Å². The largest absolute Gasteiger partial charge is 0.394 e. The number of aliphatic hydroxyl groups is 3. The molecule has 0 spiro atoms. The minimum Gasteiger partial charge on any atom is -0.394 e. The van der Waals surface area contributed by atoms with Gasteiger partial charge in [0.05, 0.1) is 12.9 Å². The average Bonchev–Trinajstić information content (AvgIpc) is 3.06. The summed E-state index contributed by atoms with van der Waals surface area (Å²) in [6, 6.07) is 0. The van der Waals surface area contributed by atoms with Crippen LogP contribution in [0.5, 0.6) is 0 Å². The van der Waals surface area contributed by atoms with E-state index in [9.17, 15) is 19.8 Å². The number of hydrogen-bond donors (Lipinski definition) is 5. The smallest absolute Gasteiger partial charge is 0.236 e. The standard InChI is InChI=1S/C13H15N5O6/c1-4(20)16-11-6(14)9(22)7-12(17-11)18(3-15-7)13-10(23)8(21)5(2-19)24-13/h3,5,8,10,13-14,19,21,23H,2H2,1H3,(H,16,17,20)/t5-,8-,10-,13-/m1/s1. The molecule has 3 heterocycles. The van der Waals surface area contributed by atoms with Crippen LogP contribution in [-0.2, 0) is 9.53 Å². The highest BCUT2D eigenvalue weighted by molar-refractivity contribution is 6.71. The number of aromatic nitrogens is 2. The molecular weight excluding hydrogens is 322 g/mol. The summed E-state index contributed by atoms with van der Waals surface area (Å²) in [4.78, 5) is 31.3. The Morgan fingerprint density at radius 3 is 2.75 bits per heavy atom. The molecule has 2 aliphatic rings. The van der Waals surface area contributed by atoms with Gasteiger partial charge in [-0.3, -0.25) is 19.6 Å². The molecule has 1 aromatic heterocycles. The van der Waals surface area contributed by atoms with Gasteiger partial charge in [0.2, 0.25) is 11.7 Å². The number of aliphatic hydroxyl groups excluding tert-OH is 3. The second-order valence-electron chi connectivity index (χ2n) is 5.40. The number of aliphatic imine (C=N–C) groups is 1. The van der Waals surface area contributed by atoms with E-state index in [1.165, 1.54) is 17.8 Å². The molecule has 0 unspecified atom stereocenters. The summed E-state index contributed by atoms with van der Waals surface area (Å²) in [5, 5.41) is 39.1. The minimum absolute atomic E-state index is 0.0189. The predicted octanol–water partition coefficient (Wildman–Crippen LogP) is -2.12. The first-order chi connectivity index (χ1) is 11.3. The lowest BCUT2D eigenvalue weighted by atomic mass is 10.1. The summed E-state index contributed by atoms with van der Waals surface area (Å²) in [6.07, 6.45) is -3.66. The van der Waals surface area contributed by atoms with Crippen molar-refractivity contribution < 1.29 is 29.6 Å². The number of nitrogens with zero attached hydrogens (tertiary/aromatic N) is 3. The molecule has 0 radical (unpaired) electrons. The van der Waals surface area contributed by atoms with Crippen molar-refractivity contribution in [1.29, 1.82) is 5.41 Å². The van der Waals surface area contributed by atoms with E-state index in [4.69, 9.17) is 15.3 Å². The van der Waals surface area contributed by atoms with E-state index in [2.05, 4.69) is 15.3 Å². The van der Waals surface area contributed by atoms with E-state index in [1.807, 2.05) is 0 Å². The van der Waals surface area contributed by atoms with Crippen molar-refractivity contribution in [3.05, 3.63) is 12.0 Å². The number of amides is 1. The van der Waals surface area contributed by atoms with E-state index >= 15 is 0 Å². The number of hydrogen-bond acceptors (Lipinski definition) is 9. The van der Waals surface area contributed by atoms with E-state index in [0.29, 0.717) is 0 Å². The maximum Gasteiger partial charge on any atom is 0.236 e. The molecule has 0 bridgehead atoms. The molecule has 5 N–H and O–H groups in total. The summed E-state index contributed by atoms with van der Waals surface area (Å²) >= 11 is 0. The van der Waals surface area contributed by atoms with Crippen LogP contribution in [0.15, 0.2) is 11.3 Å². The third-order valence-electron chi connectivity index (χ3n) is 3.75. The zero-order chi connectivity index (χ0) is 17.6. The van der Waals surface area contributed by atoms with Gasteiger partial charge in [-0.1, -0.05) is 0 Å². The summed E-state index contributed by atoms with van der Waals surface area (Å²) in [5.74, 6) is -1.51. The first kappa shape index (κ1) is 16.4. The van der Waals surface area contributed by atoms with Crippen LogP contribution in [0.4, 0.5) is 5.82 Å². The topological polar surface area (TPSA) is 170 Å². The Morgan fingerprint density at radius 2 is 2.17 bits per heavy atom. The van der Waals surface area contributed by atoms with Crippen LogP contribution in [-0.4, -0.2) is 73.0 Å². The Bertz CT molecular complexity index is 756. The predicted molar refractivity (Wildman–Crippen MR) is 78.2 cm³/mol. The van der Waals surface area contributed by atoms with Crippen molar-refractivity contribution in [2.75, 3.05) is 6.61 Å². The molecule has 4 atom stereocenters. The third kappa shape index (κ3) is 2.43. The van der Waals surface area contributed by atoms with Gasteiger partial charge in [-0.2, -0.15) is 0 Å². The average molecular weight is 337 g/mol. The van der Waals surface area contributed by atoms with Crippen molar-refractivity contribution in [3.63, 3.8) is 0 Å². The fourth-order valence-electron chi connectivity index (χ4n) is 2.57. The fraction of sp³-hybridized carbons (Fsp3) is 0.462. The van der Waals surface area contributed by atoms with Gasteiger partial charge in [0.1, 0.15) is 24.0 Å². The number of nitrogens with one attached hydrogen (secondary N) is 2. The fourth-order valence-corrected chi connectivity index (χ4v) is 2.57. The van der Waals surface area contributed by atoms with Crippen molar-refractivity contribution in [2.45, 2.75) is 31.5 Å². The number of rotatable bonds is 2. The van der Waals surface area contributed by atoms with Gasteiger partial charge in [0.25, 0.3) is 0 Å². The van der Waals surface area contributed by atoms with Gasteiger partial charge in [-0.25, -0.2) is 9.98 Å². The molecular formula is C13H15N5O6. The van der Waals surface area contributed by atoms with Crippen molar-refractivity contribution >= 4 is 29.1 Å². The van der Waals surface area contributed by atoms with Crippen LogP contribution >= 0.6 is 0 Å². The third-order valence-corrected chi connectivity index (χ3v) is 3.75. The van der Waals surface area contributed by atoms with E-state index < -0.39 is 48.5 Å². The van der Waals surface area contributed by atoms with Gasteiger partial charge in [0, 0.05) is 6.92 Å². The van der Waals surface area contributed by atoms with Crippen molar-refractivity contribution in [1.82, 2.24) is 14.9 Å². The molecule has 2 aliphatic heterocycles. The van der Waals surface area contributed by atoms with Gasteiger partial charge in [-0.15, -0.1) is 0 Å². The summed E-state index contributed by atoms with van der Waals surface area (Å²) < 4.78 is 6.59. The number of carbonyl (C=O) groups is 2. The number of carbonyl (C=O) groups excluding carboxylic acids is 2. The van der Waals surface area contributed by atoms with Crippen LogP contribution in [0.3, 0.4) is 0 Å². The Balaban J connectivity index is 2.02. The molecule has 0 aromatic carbocycles. The molecule has 24 heavy (non-hydrogen) atoms. The zero-order valence-corrected chi connectivity index (χ0v) is 12.5. The molecule has 1 fully saturated rings. The molecule has 0 saturated carbocycles. The highest BCUT2D eigenvalue weighted by Gasteiger charge is 2.45. The highest BCUT2D eigenvalue weighted by atomic mass is 16.6. The number of Topliss-reactive ketones (excluding diaryl/α,β-unsaturated/α-hetero) is 1. The first-order valence-corrected chi connectivity index (χ1v) is 7.04. The quantitative estimate of drug-likeness (QED) is 0.410. The molecule has 1 aromatic rings. The van der Waals surface area contributed by atoms with Crippen LogP contribution in [0.25, 0.3) is 0 Å². The maximum absolute atomic E-state index is 12.2. The Kier molecular flexibility index (Phi) is 4.01. The Morgan fingerprint density at radius 1 is 1.46 bits per heavy atom. The second-order valence-corrected chi connectivity index (χ2v) is 5.40. The summed E-state index contributed by atoms with van der Waals surface area (Å²) in [7, 11) is 0. The lowest BCUT2D eigenvalue weighted by Crippen LogP contribution is -2.40. The summed E-state index contributed by atoms with van der Waals surface area (Å²) in [6.45, 7) is 0.703. The second kappa shape index (κ2) is 5.87.